The SMILES string of the molecule is COc1cc(CNC(C)(C)C(N)=O)cc([N+](=O)[O-])c1. The number of methoxy groups -OCH3 is 1. The van der Waals surface area contributed by atoms with Crippen molar-refractivity contribution >= 4 is 11.6 Å². The molecule has 0 radical (unpaired) electrons. The Bertz CT molecular complexity index is 500. The quantitative estimate of drug-likeness (QED) is 0.589. The van der Waals surface area contributed by atoms with E-state index < -0.39 is 16.4 Å². The summed E-state index contributed by atoms with van der Waals surface area (Å²) in [5.74, 6) is -0.104. The molecule has 0 saturated heterocycles. The lowest BCUT2D eigenvalue weighted by Crippen LogP contribution is -2.50. The lowest BCUT2D eigenvalue weighted by Gasteiger charge is -2.22. The Morgan fingerprint density at radius 3 is 2.58 bits per heavy atom. The van der Waals surface area contributed by atoms with Crippen LogP contribution in [0.15, 0.2) is 18.2 Å². The molecule has 0 unspecified atom stereocenters. The fourth-order valence-corrected chi connectivity index (χ4v) is 1.38. The Kier molecular flexibility index (Phi) is 4.44. The summed E-state index contributed by atoms with van der Waals surface area (Å²) in [4.78, 5) is 21.5. The summed E-state index contributed by atoms with van der Waals surface area (Å²) in [7, 11) is 1.43. The van der Waals surface area contributed by atoms with Crippen molar-refractivity contribution in [2.75, 3.05) is 7.11 Å². The second-order valence-electron chi connectivity index (χ2n) is 4.64. The maximum atomic E-state index is 11.2. The lowest BCUT2D eigenvalue weighted by molar-refractivity contribution is -0.385. The number of amides is 1. The molecule has 104 valence electrons. The summed E-state index contributed by atoms with van der Waals surface area (Å²) >= 11 is 0. The monoisotopic (exact) mass is 267 g/mol. The molecule has 1 aromatic carbocycles. The highest BCUT2D eigenvalue weighted by atomic mass is 16.6. The van der Waals surface area contributed by atoms with E-state index >= 15 is 0 Å². The minimum absolute atomic E-state index is 0.0620. The van der Waals surface area contributed by atoms with Gasteiger partial charge in [-0.2, -0.15) is 0 Å². The number of nitro groups is 1. The highest BCUT2D eigenvalue weighted by Gasteiger charge is 2.24. The molecule has 0 atom stereocenters. The summed E-state index contributed by atoms with van der Waals surface area (Å²) in [6.45, 7) is 3.56. The number of nitro benzene ring substituents is 1. The van der Waals surface area contributed by atoms with E-state index in [0.29, 0.717) is 11.3 Å². The normalized spacial score (nSPS) is 11.1. The third-order valence-corrected chi connectivity index (χ3v) is 2.75. The summed E-state index contributed by atoms with van der Waals surface area (Å²) in [5.41, 5.74) is 4.92. The molecule has 7 nitrogen and oxygen atoms in total. The maximum absolute atomic E-state index is 11.2. The van der Waals surface area contributed by atoms with Gasteiger partial charge < -0.3 is 10.5 Å². The number of non-ortho nitro benzene ring substituents is 1. The van der Waals surface area contributed by atoms with Crippen LogP contribution in [0, 0.1) is 10.1 Å². The summed E-state index contributed by atoms with van der Waals surface area (Å²) in [5, 5.41) is 13.7. The van der Waals surface area contributed by atoms with Gasteiger partial charge in [0.15, 0.2) is 0 Å². The highest BCUT2D eigenvalue weighted by molar-refractivity contribution is 5.83. The minimum atomic E-state index is -0.891. The third-order valence-electron chi connectivity index (χ3n) is 2.75. The number of carbonyl (C=O) groups excluding carboxylic acids is 1. The highest BCUT2D eigenvalue weighted by Crippen LogP contribution is 2.22. The number of nitrogens with two attached hydrogens (primary N) is 1. The first-order chi connectivity index (χ1) is 8.76. The van der Waals surface area contributed by atoms with Crippen molar-refractivity contribution in [2.45, 2.75) is 25.9 Å². The molecule has 0 fully saturated rings. The van der Waals surface area contributed by atoms with Crippen LogP contribution in [0.4, 0.5) is 5.69 Å². The topological polar surface area (TPSA) is 107 Å². The number of rotatable bonds is 6. The number of nitrogens with one attached hydrogen (secondary N) is 1. The molecule has 0 bridgehead atoms. The van der Waals surface area contributed by atoms with Crippen molar-refractivity contribution in [3.63, 3.8) is 0 Å². The zero-order valence-electron chi connectivity index (χ0n) is 11.1. The Morgan fingerprint density at radius 1 is 1.47 bits per heavy atom. The summed E-state index contributed by atoms with van der Waals surface area (Å²) in [6, 6.07) is 4.42. The Morgan fingerprint density at radius 2 is 2.11 bits per heavy atom. The largest absolute Gasteiger partial charge is 0.496 e. The van der Waals surface area contributed by atoms with E-state index in [4.69, 9.17) is 10.5 Å². The van der Waals surface area contributed by atoms with Gasteiger partial charge in [0.05, 0.1) is 23.6 Å². The molecule has 1 aromatic rings. The summed E-state index contributed by atoms with van der Waals surface area (Å²) < 4.78 is 5.00. The Labute approximate surface area is 110 Å². The first kappa shape index (κ1) is 14.9. The van der Waals surface area contributed by atoms with Crippen LogP contribution in [0.5, 0.6) is 5.75 Å². The molecule has 3 N–H and O–H groups in total. The molecule has 0 aliphatic heterocycles. The molecule has 0 aromatic heterocycles. The van der Waals surface area contributed by atoms with Gasteiger partial charge >= 0.3 is 0 Å². The fourth-order valence-electron chi connectivity index (χ4n) is 1.38. The van der Waals surface area contributed by atoms with Gasteiger partial charge in [0.2, 0.25) is 5.91 Å². The first-order valence-corrected chi connectivity index (χ1v) is 5.63. The van der Waals surface area contributed by atoms with Crippen LogP contribution in [0.3, 0.4) is 0 Å². The molecular weight excluding hydrogens is 250 g/mol. The number of nitrogens with zero attached hydrogens (tertiary/aromatic N) is 1. The van der Waals surface area contributed by atoms with Crippen LogP contribution in [0.1, 0.15) is 19.4 Å². The number of ether oxygens (including phenoxy) is 1. The van der Waals surface area contributed by atoms with E-state index in [1.54, 1.807) is 19.9 Å². The van der Waals surface area contributed by atoms with Gasteiger partial charge in [-0.05, 0) is 25.5 Å². The number of hydrogen-bond donors (Lipinski definition) is 2. The van der Waals surface area contributed by atoms with E-state index in [1.165, 1.54) is 19.2 Å². The average molecular weight is 267 g/mol. The Balaban J connectivity index is 2.92. The number of carbonyl (C=O) groups is 1. The van der Waals surface area contributed by atoms with Crippen LogP contribution in [0.2, 0.25) is 0 Å². The predicted molar refractivity (Wildman–Crippen MR) is 69.8 cm³/mol. The van der Waals surface area contributed by atoms with Crippen molar-refractivity contribution in [1.82, 2.24) is 5.32 Å². The van der Waals surface area contributed by atoms with E-state index in [-0.39, 0.29) is 12.2 Å². The average Bonchev–Trinajstić information content (AvgIpc) is 2.35. The second-order valence-corrected chi connectivity index (χ2v) is 4.64. The lowest BCUT2D eigenvalue weighted by atomic mass is 10.0. The fraction of sp³-hybridized carbons (Fsp3) is 0.417. The molecule has 0 aliphatic rings. The summed E-state index contributed by atoms with van der Waals surface area (Å²) in [6.07, 6.45) is 0. The van der Waals surface area contributed by atoms with Crippen LogP contribution in [0.25, 0.3) is 0 Å². The van der Waals surface area contributed by atoms with Gasteiger partial charge in [-0.25, -0.2) is 0 Å². The van der Waals surface area contributed by atoms with Gasteiger partial charge in [-0.3, -0.25) is 20.2 Å². The standard InChI is InChI=1S/C12H17N3O4/c1-12(2,11(13)16)14-7-8-4-9(15(17)18)6-10(5-8)19-3/h4-6,14H,7H2,1-3H3,(H2,13,16). The number of benzene rings is 1. The third kappa shape index (κ3) is 3.92. The molecule has 1 amide bonds. The van der Waals surface area contributed by atoms with Gasteiger partial charge in [-0.15, -0.1) is 0 Å². The Hall–Kier alpha value is -2.15. The minimum Gasteiger partial charge on any atom is -0.496 e. The molecule has 1 rings (SSSR count). The van der Waals surface area contributed by atoms with Gasteiger partial charge in [0.25, 0.3) is 5.69 Å². The van der Waals surface area contributed by atoms with Crippen molar-refractivity contribution in [1.29, 1.82) is 0 Å². The van der Waals surface area contributed by atoms with Gasteiger partial charge in [-0.1, -0.05) is 0 Å². The van der Waals surface area contributed by atoms with Crippen LogP contribution < -0.4 is 15.8 Å². The second kappa shape index (κ2) is 5.66. The van der Waals surface area contributed by atoms with Crippen LogP contribution in [-0.2, 0) is 11.3 Å². The van der Waals surface area contributed by atoms with Gasteiger partial charge in [0.1, 0.15) is 5.75 Å². The van der Waals surface area contributed by atoms with Crippen molar-refractivity contribution in [3.8, 4) is 5.75 Å². The molecule has 0 aliphatic carbocycles. The van der Waals surface area contributed by atoms with Crippen LogP contribution >= 0.6 is 0 Å². The molecule has 0 heterocycles. The van der Waals surface area contributed by atoms with Crippen molar-refractivity contribution in [3.05, 3.63) is 33.9 Å². The van der Waals surface area contributed by atoms with Gasteiger partial charge in [0, 0.05) is 12.6 Å². The number of primary amides is 1. The van der Waals surface area contributed by atoms with E-state index in [0.717, 1.165) is 0 Å². The molecular formula is C12H17N3O4. The zero-order chi connectivity index (χ0) is 14.6. The first-order valence-electron chi connectivity index (χ1n) is 5.63. The predicted octanol–water partition coefficient (Wildman–Crippen LogP) is 0.957. The molecule has 0 saturated carbocycles. The molecule has 7 heteroatoms. The van der Waals surface area contributed by atoms with Crippen molar-refractivity contribution in [2.24, 2.45) is 5.73 Å². The maximum Gasteiger partial charge on any atom is 0.273 e. The number of hydrogen-bond acceptors (Lipinski definition) is 5. The van der Waals surface area contributed by atoms with E-state index in [2.05, 4.69) is 5.32 Å². The van der Waals surface area contributed by atoms with E-state index in [1.807, 2.05) is 0 Å². The molecule has 19 heavy (non-hydrogen) atoms. The zero-order valence-corrected chi connectivity index (χ0v) is 11.1. The van der Waals surface area contributed by atoms with Crippen LogP contribution in [-0.4, -0.2) is 23.5 Å². The van der Waals surface area contributed by atoms with Crippen molar-refractivity contribution < 1.29 is 14.5 Å². The molecule has 0 spiro atoms. The smallest absolute Gasteiger partial charge is 0.273 e. The van der Waals surface area contributed by atoms with E-state index in [9.17, 15) is 14.9 Å².